The van der Waals surface area contributed by atoms with Crippen molar-refractivity contribution in [1.29, 1.82) is 0 Å². The van der Waals surface area contributed by atoms with Gasteiger partial charge in [0.2, 0.25) is 10.0 Å². The average Bonchev–Trinajstić information content (AvgIpc) is 2.70. The fraction of sp³-hybridized carbons (Fsp3) is 0.500. The molecule has 2 atom stereocenters. The molecule has 5 heteroatoms. The van der Waals surface area contributed by atoms with Crippen LogP contribution in [-0.2, 0) is 21.9 Å². The van der Waals surface area contributed by atoms with E-state index in [1.54, 1.807) is 0 Å². The minimum absolute atomic E-state index is 0.202. The maximum atomic E-state index is 11.6. The van der Waals surface area contributed by atoms with Crippen molar-refractivity contribution in [3.05, 3.63) is 65.7 Å². The first-order chi connectivity index (χ1) is 13.9. The molecule has 29 heavy (non-hydrogen) atoms. The number of nitrogens with one attached hydrogen (secondary N) is 1. The van der Waals surface area contributed by atoms with Crippen LogP contribution in [0, 0.1) is 0 Å². The highest BCUT2D eigenvalue weighted by molar-refractivity contribution is 7.92. The Hall–Kier alpha value is -1.85. The molecule has 0 spiro atoms. The molecule has 1 aliphatic carbocycles. The number of nitrogens with zero attached hydrogens (tertiary/aromatic N) is 1. The zero-order valence-electron chi connectivity index (χ0n) is 17.3. The van der Waals surface area contributed by atoms with E-state index in [9.17, 15) is 8.42 Å². The zero-order valence-corrected chi connectivity index (χ0v) is 18.1. The van der Waals surface area contributed by atoms with E-state index in [1.807, 2.05) is 12.1 Å². The van der Waals surface area contributed by atoms with Crippen molar-refractivity contribution in [2.45, 2.75) is 56.4 Å². The van der Waals surface area contributed by atoms with Crippen molar-refractivity contribution in [2.75, 3.05) is 24.1 Å². The second kappa shape index (κ2) is 8.49. The van der Waals surface area contributed by atoms with Gasteiger partial charge in [0.05, 0.1) is 6.26 Å². The van der Waals surface area contributed by atoms with Gasteiger partial charge in [0.15, 0.2) is 0 Å². The number of aryl methyl sites for hydroxylation is 1. The van der Waals surface area contributed by atoms with Crippen LogP contribution in [0.1, 0.15) is 49.7 Å². The number of hydrogen-bond acceptors (Lipinski definition) is 3. The predicted octanol–water partition coefficient (Wildman–Crippen LogP) is 4.58. The lowest BCUT2D eigenvalue weighted by atomic mass is 9.63. The molecule has 2 fully saturated rings. The number of benzene rings is 2. The molecule has 1 aliphatic heterocycles. The number of fused-ring (bicyclic) bond motifs is 2. The van der Waals surface area contributed by atoms with Gasteiger partial charge in [-0.2, -0.15) is 0 Å². The second-order valence-electron chi connectivity index (χ2n) is 8.86. The van der Waals surface area contributed by atoms with Crippen molar-refractivity contribution in [1.82, 2.24) is 4.90 Å². The average molecular weight is 413 g/mol. The standard InChI is InChI=1S/C24H32N2O2S/c1-29(27,28)25-22-12-5-11-21(18-22)24-14-6-13-23(19-24)26(17-15-24)16-7-10-20-8-3-2-4-9-20/h2-5,8-9,11-12,18,23,25H,6-7,10,13-17,19H2,1H3. The van der Waals surface area contributed by atoms with Crippen molar-refractivity contribution in [3.8, 4) is 0 Å². The van der Waals surface area contributed by atoms with Crippen LogP contribution in [0.3, 0.4) is 0 Å². The number of piperidine rings is 1. The summed E-state index contributed by atoms with van der Waals surface area (Å²) in [5, 5.41) is 0. The van der Waals surface area contributed by atoms with Gasteiger partial charge in [0.25, 0.3) is 0 Å². The Bertz CT molecular complexity index is 929. The van der Waals surface area contributed by atoms with Crippen LogP contribution in [0.25, 0.3) is 0 Å². The fourth-order valence-electron chi connectivity index (χ4n) is 5.37. The predicted molar refractivity (Wildman–Crippen MR) is 120 cm³/mol. The molecule has 0 radical (unpaired) electrons. The molecular formula is C24H32N2O2S. The Balaban J connectivity index is 1.41. The lowest BCUT2D eigenvalue weighted by Crippen LogP contribution is -2.51. The maximum absolute atomic E-state index is 11.6. The first-order valence-electron chi connectivity index (χ1n) is 10.8. The van der Waals surface area contributed by atoms with Gasteiger partial charge in [0.1, 0.15) is 0 Å². The smallest absolute Gasteiger partial charge is 0.229 e. The van der Waals surface area contributed by atoms with Crippen molar-refractivity contribution in [3.63, 3.8) is 0 Å². The summed E-state index contributed by atoms with van der Waals surface area (Å²) in [5.41, 5.74) is 3.62. The Labute approximate surface area is 175 Å². The first-order valence-corrected chi connectivity index (χ1v) is 12.7. The minimum atomic E-state index is -3.25. The van der Waals surface area contributed by atoms with E-state index in [4.69, 9.17) is 0 Å². The number of anilines is 1. The SMILES string of the molecule is CS(=O)(=O)Nc1cccc(C23CCCC(C2)N(CCCc2ccccc2)CC3)c1. The first kappa shape index (κ1) is 20.4. The summed E-state index contributed by atoms with van der Waals surface area (Å²) in [7, 11) is -3.25. The third-order valence-corrected chi connectivity index (χ3v) is 7.35. The summed E-state index contributed by atoms with van der Waals surface area (Å²) in [5.74, 6) is 0. The molecule has 0 amide bonds. The summed E-state index contributed by atoms with van der Waals surface area (Å²) in [6, 6.07) is 19.5. The number of hydrogen-bond donors (Lipinski definition) is 1. The summed E-state index contributed by atoms with van der Waals surface area (Å²) in [6.07, 6.45) is 9.68. The number of sulfonamides is 1. The van der Waals surface area contributed by atoms with E-state index in [-0.39, 0.29) is 5.41 Å². The molecule has 4 nitrogen and oxygen atoms in total. The van der Waals surface area contributed by atoms with E-state index in [0.29, 0.717) is 11.7 Å². The van der Waals surface area contributed by atoms with Gasteiger partial charge >= 0.3 is 0 Å². The Morgan fingerprint density at radius 3 is 2.72 bits per heavy atom. The molecular weight excluding hydrogens is 380 g/mol. The Morgan fingerprint density at radius 2 is 1.93 bits per heavy atom. The molecule has 2 aromatic carbocycles. The van der Waals surface area contributed by atoms with E-state index >= 15 is 0 Å². The van der Waals surface area contributed by atoms with Crippen LogP contribution in [0.2, 0.25) is 0 Å². The highest BCUT2D eigenvalue weighted by Gasteiger charge is 2.43. The second-order valence-corrected chi connectivity index (χ2v) is 10.6. The molecule has 156 valence electrons. The van der Waals surface area contributed by atoms with Crippen LogP contribution >= 0.6 is 0 Å². The third kappa shape index (κ3) is 5.01. The minimum Gasteiger partial charge on any atom is -0.300 e. The summed E-state index contributed by atoms with van der Waals surface area (Å²) in [4.78, 5) is 2.71. The van der Waals surface area contributed by atoms with Crippen molar-refractivity contribution in [2.24, 2.45) is 0 Å². The molecule has 1 heterocycles. The lowest BCUT2D eigenvalue weighted by Gasteiger charge is -2.51. The van der Waals surface area contributed by atoms with Gasteiger partial charge in [-0.05, 0) is 80.3 Å². The van der Waals surface area contributed by atoms with Crippen molar-refractivity contribution < 1.29 is 8.42 Å². The number of likely N-dealkylation sites (tertiary alicyclic amines) is 1. The van der Waals surface area contributed by atoms with Gasteiger partial charge in [-0.15, -0.1) is 0 Å². The monoisotopic (exact) mass is 412 g/mol. The van der Waals surface area contributed by atoms with E-state index < -0.39 is 10.0 Å². The van der Waals surface area contributed by atoms with Gasteiger partial charge in [-0.1, -0.05) is 48.9 Å². The Kier molecular flexibility index (Phi) is 5.98. The van der Waals surface area contributed by atoms with Crippen LogP contribution in [0.5, 0.6) is 0 Å². The molecule has 2 bridgehead atoms. The molecule has 1 saturated heterocycles. The van der Waals surface area contributed by atoms with Gasteiger partial charge in [-0.3, -0.25) is 4.72 Å². The maximum Gasteiger partial charge on any atom is 0.229 e. The molecule has 1 N–H and O–H groups in total. The van der Waals surface area contributed by atoms with Crippen LogP contribution in [0.4, 0.5) is 5.69 Å². The van der Waals surface area contributed by atoms with E-state index in [1.165, 1.54) is 56.0 Å². The van der Waals surface area contributed by atoms with E-state index in [0.717, 1.165) is 19.4 Å². The quantitative estimate of drug-likeness (QED) is 0.724. The highest BCUT2D eigenvalue weighted by Crippen LogP contribution is 2.47. The summed E-state index contributed by atoms with van der Waals surface area (Å²) < 4.78 is 25.9. The molecule has 0 aromatic heterocycles. The third-order valence-electron chi connectivity index (χ3n) is 6.74. The normalized spacial score (nSPS) is 24.9. The highest BCUT2D eigenvalue weighted by atomic mass is 32.2. The molecule has 1 saturated carbocycles. The molecule has 4 rings (SSSR count). The van der Waals surface area contributed by atoms with E-state index in [2.05, 4.69) is 52.1 Å². The molecule has 2 aliphatic rings. The summed E-state index contributed by atoms with van der Waals surface area (Å²) >= 11 is 0. The van der Waals surface area contributed by atoms with Crippen LogP contribution in [-0.4, -0.2) is 38.7 Å². The van der Waals surface area contributed by atoms with Gasteiger partial charge < -0.3 is 4.90 Å². The van der Waals surface area contributed by atoms with Crippen LogP contribution < -0.4 is 4.72 Å². The van der Waals surface area contributed by atoms with Gasteiger partial charge in [-0.25, -0.2) is 8.42 Å². The van der Waals surface area contributed by atoms with Crippen molar-refractivity contribution >= 4 is 15.7 Å². The zero-order chi connectivity index (χ0) is 20.3. The molecule has 2 unspecified atom stereocenters. The largest absolute Gasteiger partial charge is 0.300 e. The van der Waals surface area contributed by atoms with Crippen LogP contribution in [0.15, 0.2) is 54.6 Å². The summed E-state index contributed by atoms with van der Waals surface area (Å²) in [6.45, 7) is 2.31. The fourth-order valence-corrected chi connectivity index (χ4v) is 5.92. The Morgan fingerprint density at radius 1 is 1.10 bits per heavy atom. The lowest BCUT2D eigenvalue weighted by molar-refractivity contribution is 0.0509. The number of rotatable bonds is 7. The van der Waals surface area contributed by atoms with Gasteiger partial charge in [0, 0.05) is 11.7 Å². The molecule has 2 aromatic rings. The topological polar surface area (TPSA) is 49.4 Å².